The number of aromatic carboxylic acids is 1. The standard InChI is InChI=1S/C18H14N2O6S2/c1-9(15(22)19-10-4-5-12(17(24)25)13(21)7-10)20-16(23)14(28-18(20)27)8-11-3-2-6-26-11/h2-9,21H,1H3,(H,19,22)(H,24,25)/b14-8+/t9-/m0/s1. The summed E-state index contributed by atoms with van der Waals surface area (Å²) in [6.45, 7) is 1.52. The van der Waals surface area contributed by atoms with Crippen molar-refractivity contribution >= 4 is 57.8 Å². The molecule has 0 radical (unpaired) electrons. The third-order valence-corrected chi connectivity index (χ3v) is 5.23. The zero-order valence-corrected chi connectivity index (χ0v) is 16.0. The Balaban J connectivity index is 1.74. The highest BCUT2D eigenvalue weighted by atomic mass is 32.2. The van der Waals surface area contributed by atoms with E-state index in [1.165, 1.54) is 30.2 Å². The molecule has 10 heteroatoms. The number of anilines is 1. The minimum absolute atomic E-state index is 0.191. The van der Waals surface area contributed by atoms with E-state index in [-0.39, 0.29) is 15.6 Å². The summed E-state index contributed by atoms with van der Waals surface area (Å²) in [7, 11) is 0. The van der Waals surface area contributed by atoms with E-state index in [0.29, 0.717) is 10.7 Å². The van der Waals surface area contributed by atoms with Gasteiger partial charge in [-0.1, -0.05) is 24.0 Å². The average molecular weight is 418 g/mol. The molecule has 2 amide bonds. The van der Waals surface area contributed by atoms with E-state index < -0.39 is 29.6 Å². The molecule has 2 heterocycles. The predicted molar refractivity (Wildman–Crippen MR) is 107 cm³/mol. The Labute approximate surface area is 168 Å². The average Bonchev–Trinajstić information content (AvgIpc) is 3.22. The molecule has 1 aromatic heterocycles. The predicted octanol–water partition coefficient (Wildman–Crippen LogP) is 2.91. The van der Waals surface area contributed by atoms with Crippen molar-refractivity contribution in [3.8, 4) is 5.75 Å². The van der Waals surface area contributed by atoms with Crippen LogP contribution in [0.5, 0.6) is 5.75 Å². The number of amides is 2. The normalized spacial score (nSPS) is 16.5. The molecule has 1 aliphatic heterocycles. The summed E-state index contributed by atoms with van der Waals surface area (Å²) in [4.78, 5) is 37.6. The van der Waals surface area contributed by atoms with Crippen molar-refractivity contribution < 1.29 is 29.0 Å². The van der Waals surface area contributed by atoms with Crippen LogP contribution in [0, 0.1) is 0 Å². The number of rotatable bonds is 5. The largest absolute Gasteiger partial charge is 0.507 e. The lowest BCUT2D eigenvalue weighted by Crippen LogP contribution is -2.44. The fourth-order valence-electron chi connectivity index (χ4n) is 2.47. The van der Waals surface area contributed by atoms with Crippen LogP contribution in [0.15, 0.2) is 45.9 Å². The van der Waals surface area contributed by atoms with Crippen molar-refractivity contribution in [1.82, 2.24) is 4.90 Å². The lowest BCUT2D eigenvalue weighted by molar-refractivity contribution is -0.129. The lowest BCUT2D eigenvalue weighted by Gasteiger charge is -2.22. The Bertz CT molecular complexity index is 1000. The number of carboxylic acids is 1. The maximum Gasteiger partial charge on any atom is 0.339 e. The van der Waals surface area contributed by atoms with Crippen molar-refractivity contribution in [2.24, 2.45) is 0 Å². The SMILES string of the molecule is C[C@@H](C(=O)Nc1ccc(C(=O)O)c(O)c1)N1C(=O)/C(=C\c2ccco2)SC1=S. The highest BCUT2D eigenvalue weighted by Crippen LogP contribution is 2.34. The Morgan fingerprint density at radius 2 is 2.11 bits per heavy atom. The molecule has 1 aromatic carbocycles. The van der Waals surface area contributed by atoms with Gasteiger partial charge in [0.15, 0.2) is 0 Å². The van der Waals surface area contributed by atoms with E-state index in [9.17, 15) is 19.5 Å². The first-order chi connectivity index (χ1) is 13.3. The van der Waals surface area contributed by atoms with Crippen LogP contribution in [-0.2, 0) is 9.59 Å². The number of carboxylic acid groups (broad SMARTS) is 1. The molecule has 1 aliphatic rings. The van der Waals surface area contributed by atoms with Gasteiger partial charge in [-0.3, -0.25) is 14.5 Å². The number of furan rings is 1. The fourth-order valence-corrected chi connectivity index (χ4v) is 3.87. The second-order valence-corrected chi connectivity index (χ2v) is 7.45. The summed E-state index contributed by atoms with van der Waals surface area (Å²) in [5.41, 5.74) is -0.0954. The van der Waals surface area contributed by atoms with Crippen LogP contribution in [0.25, 0.3) is 6.08 Å². The first kappa shape index (κ1) is 19.6. The van der Waals surface area contributed by atoms with Gasteiger partial charge in [0.2, 0.25) is 5.91 Å². The van der Waals surface area contributed by atoms with Gasteiger partial charge in [-0.05, 0) is 31.2 Å². The third kappa shape index (κ3) is 3.92. The summed E-state index contributed by atoms with van der Waals surface area (Å²) < 4.78 is 5.42. The van der Waals surface area contributed by atoms with Crippen LogP contribution in [-0.4, -0.2) is 43.3 Å². The third-order valence-electron chi connectivity index (χ3n) is 3.90. The number of carbonyl (C=O) groups is 3. The molecule has 0 spiro atoms. The van der Waals surface area contributed by atoms with Crippen molar-refractivity contribution in [1.29, 1.82) is 0 Å². The van der Waals surface area contributed by atoms with Crippen LogP contribution in [0.4, 0.5) is 5.69 Å². The summed E-state index contributed by atoms with van der Waals surface area (Å²) in [6.07, 6.45) is 3.03. The van der Waals surface area contributed by atoms with Crippen molar-refractivity contribution in [2.45, 2.75) is 13.0 Å². The number of phenols is 1. The van der Waals surface area contributed by atoms with Gasteiger partial charge in [-0.25, -0.2) is 4.79 Å². The summed E-state index contributed by atoms with van der Waals surface area (Å²) in [5, 5.41) is 21.2. The zero-order valence-electron chi connectivity index (χ0n) is 14.4. The van der Waals surface area contributed by atoms with Crippen LogP contribution < -0.4 is 5.32 Å². The molecule has 1 saturated heterocycles. The van der Waals surface area contributed by atoms with Gasteiger partial charge in [-0.15, -0.1) is 0 Å². The van der Waals surface area contributed by atoms with Gasteiger partial charge in [0, 0.05) is 17.8 Å². The van der Waals surface area contributed by atoms with Crippen LogP contribution in [0.2, 0.25) is 0 Å². The second kappa shape index (κ2) is 7.87. The second-order valence-electron chi connectivity index (χ2n) is 5.77. The summed E-state index contributed by atoms with van der Waals surface area (Å²) in [5.74, 6) is -2.24. The van der Waals surface area contributed by atoms with Crippen molar-refractivity contribution in [3.05, 3.63) is 52.8 Å². The number of thiocarbonyl (C=S) groups is 1. The Kier molecular flexibility index (Phi) is 5.52. The van der Waals surface area contributed by atoms with E-state index in [1.807, 2.05) is 0 Å². The molecule has 2 aromatic rings. The van der Waals surface area contributed by atoms with E-state index in [2.05, 4.69) is 5.32 Å². The molecule has 3 N–H and O–H groups in total. The van der Waals surface area contributed by atoms with Crippen molar-refractivity contribution in [2.75, 3.05) is 5.32 Å². The minimum Gasteiger partial charge on any atom is -0.507 e. The monoisotopic (exact) mass is 418 g/mol. The molecule has 1 fully saturated rings. The van der Waals surface area contributed by atoms with Gasteiger partial charge in [0.1, 0.15) is 27.4 Å². The molecule has 1 atom stereocenters. The van der Waals surface area contributed by atoms with Crippen LogP contribution >= 0.6 is 24.0 Å². The van der Waals surface area contributed by atoms with E-state index in [1.54, 1.807) is 18.2 Å². The molecule has 0 unspecified atom stereocenters. The quantitative estimate of drug-likeness (QED) is 0.501. The molecule has 3 rings (SSSR count). The maximum absolute atomic E-state index is 12.6. The van der Waals surface area contributed by atoms with Crippen molar-refractivity contribution in [3.63, 3.8) is 0 Å². The van der Waals surface area contributed by atoms with Gasteiger partial charge in [0.25, 0.3) is 5.91 Å². The Morgan fingerprint density at radius 1 is 1.36 bits per heavy atom. The number of aromatic hydroxyl groups is 1. The summed E-state index contributed by atoms with van der Waals surface area (Å²) in [6, 6.07) is 6.09. The topological polar surface area (TPSA) is 120 Å². The molecule has 0 aliphatic carbocycles. The lowest BCUT2D eigenvalue weighted by atomic mass is 10.1. The van der Waals surface area contributed by atoms with Gasteiger partial charge in [0.05, 0.1) is 11.2 Å². The number of hydrogen-bond acceptors (Lipinski definition) is 7. The minimum atomic E-state index is -1.29. The molecular formula is C18H14N2O6S2. The molecule has 28 heavy (non-hydrogen) atoms. The number of benzene rings is 1. The van der Waals surface area contributed by atoms with Crippen LogP contribution in [0.1, 0.15) is 23.0 Å². The Hall–Kier alpha value is -3.11. The molecule has 144 valence electrons. The fraction of sp³-hybridized carbons (Fsp3) is 0.111. The molecule has 0 bridgehead atoms. The van der Waals surface area contributed by atoms with E-state index >= 15 is 0 Å². The Morgan fingerprint density at radius 3 is 2.71 bits per heavy atom. The molecule has 0 saturated carbocycles. The first-order valence-electron chi connectivity index (χ1n) is 7.95. The number of nitrogens with one attached hydrogen (secondary N) is 1. The van der Waals surface area contributed by atoms with E-state index in [4.69, 9.17) is 21.7 Å². The highest BCUT2D eigenvalue weighted by molar-refractivity contribution is 8.26. The van der Waals surface area contributed by atoms with Crippen LogP contribution in [0.3, 0.4) is 0 Å². The smallest absolute Gasteiger partial charge is 0.339 e. The number of hydrogen-bond donors (Lipinski definition) is 3. The first-order valence-corrected chi connectivity index (χ1v) is 9.18. The van der Waals surface area contributed by atoms with Gasteiger partial charge < -0.3 is 19.9 Å². The maximum atomic E-state index is 12.6. The van der Waals surface area contributed by atoms with Gasteiger partial charge in [-0.2, -0.15) is 0 Å². The van der Waals surface area contributed by atoms with Gasteiger partial charge >= 0.3 is 5.97 Å². The number of carbonyl (C=O) groups excluding carboxylic acids is 2. The highest BCUT2D eigenvalue weighted by Gasteiger charge is 2.38. The zero-order chi connectivity index (χ0) is 20.4. The number of nitrogens with zero attached hydrogens (tertiary/aromatic N) is 1. The number of thioether (sulfide) groups is 1. The van der Waals surface area contributed by atoms with E-state index in [0.717, 1.165) is 17.8 Å². The molecular weight excluding hydrogens is 404 g/mol. The summed E-state index contributed by atoms with van der Waals surface area (Å²) >= 11 is 6.29. The molecule has 8 nitrogen and oxygen atoms in total.